The number of benzene rings is 2. The molecule has 0 fully saturated rings. The summed E-state index contributed by atoms with van der Waals surface area (Å²) in [5.41, 5.74) is 1.22. The number of nitrogens with zero attached hydrogens (tertiary/aromatic N) is 1. The van der Waals surface area contributed by atoms with E-state index >= 15 is 0 Å². The fraction of sp³-hybridized carbons (Fsp3) is 0.263. The van der Waals surface area contributed by atoms with Gasteiger partial charge in [0.1, 0.15) is 24.0 Å². The van der Waals surface area contributed by atoms with E-state index in [1.54, 1.807) is 48.5 Å². The van der Waals surface area contributed by atoms with E-state index in [0.717, 1.165) is 0 Å². The number of ether oxygens (including phenoxy) is 1. The normalized spacial score (nSPS) is 12.4. The largest absolute Gasteiger partial charge is 0.451 e. The van der Waals surface area contributed by atoms with Gasteiger partial charge >= 0.3 is 11.9 Å². The maximum Gasteiger partial charge on any atom is 0.361 e. The second-order valence-electron chi connectivity index (χ2n) is 5.67. The van der Waals surface area contributed by atoms with Gasteiger partial charge in [0.15, 0.2) is 0 Å². The van der Waals surface area contributed by atoms with Gasteiger partial charge in [0, 0.05) is 31.2 Å². The zero-order valence-electron chi connectivity index (χ0n) is 14.0. The van der Waals surface area contributed by atoms with Crippen LogP contribution in [0.15, 0.2) is 60.7 Å². The van der Waals surface area contributed by atoms with Crippen LogP contribution in [0.5, 0.6) is 0 Å². The van der Waals surface area contributed by atoms with Crippen LogP contribution in [0.4, 0.5) is 11.4 Å². The Hall–Kier alpha value is -2.54. The summed E-state index contributed by atoms with van der Waals surface area (Å²) in [5, 5.41) is 19.5. The average molecular weight is 344 g/mol. The molecule has 132 valence electrons. The molecule has 6 nitrogen and oxygen atoms in total. The molecule has 6 heteroatoms. The van der Waals surface area contributed by atoms with Crippen molar-refractivity contribution in [2.75, 3.05) is 19.8 Å². The maximum atomic E-state index is 13.1. The van der Waals surface area contributed by atoms with Crippen LogP contribution in [0.1, 0.15) is 6.92 Å². The number of hydrogen-bond donors (Lipinski definition) is 2. The smallest absolute Gasteiger partial charge is 0.361 e. The zero-order chi connectivity index (χ0) is 18.3. The third-order valence-electron chi connectivity index (χ3n) is 3.91. The Bertz CT molecular complexity index is 663. The van der Waals surface area contributed by atoms with E-state index in [4.69, 9.17) is 4.74 Å². The minimum Gasteiger partial charge on any atom is -0.451 e. The molecular formula is C19H22NO5+. The lowest BCUT2D eigenvalue weighted by atomic mass is 10.1. The first-order chi connectivity index (χ1) is 12.0. The van der Waals surface area contributed by atoms with Crippen molar-refractivity contribution < 1.29 is 24.5 Å². The Morgan fingerprint density at radius 3 is 1.88 bits per heavy atom. The molecule has 2 aromatic carbocycles. The SMILES string of the molecule is CC(=O)OCC(=O)[N+](CC(O)CO)(c1ccccc1)c1ccccc1. The third kappa shape index (κ3) is 4.30. The van der Waals surface area contributed by atoms with Crippen LogP contribution in [0, 0.1) is 0 Å². The standard InChI is InChI=1S/C19H22NO5/c1-15(22)25-14-19(24)20(12-18(23)13-21,16-8-4-2-5-9-16)17-10-6-3-7-11-17/h2-11,18,21,23H,12-14H2,1H3/q+1. The number of aliphatic hydroxyl groups is 2. The van der Waals surface area contributed by atoms with E-state index in [9.17, 15) is 19.8 Å². The molecule has 0 aliphatic rings. The van der Waals surface area contributed by atoms with Gasteiger partial charge in [0.05, 0.1) is 6.61 Å². The van der Waals surface area contributed by atoms with Crippen molar-refractivity contribution in [3.8, 4) is 0 Å². The number of rotatable bonds is 7. The van der Waals surface area contributed by atoms with Crippen molar-refractivity contribution in [1.29, 1.82) is 0 Å². The molecule has 0 aromatic heterocycles. The number of quaternary nitrogens is 1. The predicted octanol–water partition coefficient (Wildman–Crippen LogP) is 1.77. The van der Waals surface area contributed by atoms with Crippen LogP contribution in [0.25, 0.3) is 0 Å². The van der Waals surface area contributed by atoms with E-state index in [0.29, 0.717) is 11.4 Å². The molecule has 0 aliphatic carbocycles. The van der Waals surface area contributed by atoms with Gasteiger partial charge in [-0.25, -0.2) is 4.79 Å². The molecule has 0 heterocycles. The minimum atomic E-state index is -1.12. The molecule has 1 unspecified atom stereocenters. The first-order valence-corrected chi connectivity index (χ1v) is 7.95. The highest BCUT2D eigenvalue weighted by atomic mass is 16.5. The lowest BCUT2D eigenvalue weighted by Gasteiger charge is -2.36. The summed E-state index contributed by atoms with van der Waals surface area (Å²) in [7, 11) is 0. The fourth-order valence-electron chi connectivity index (χ4n) is 2.76. The number of para-hydroxylation sites is 2. The number of amides is 1. The van der Waals surface area contributed by atoms with Crippen molar-refractivity contribution in [3.63, 3.8) is 0 Å². The van der Waals surface area contributed by atoms with Crippen LogP contribution in [0.3, 0.4) is 0 Å². The van der Waals surface area contributed by atoms with Crippen LogP contribution >= 0.6 is 0 Å². The first kappa shape index (κ1) is 18.8. The van der Waals surface area contributed by atoms with E-state index in [-0.39, 0.29) is 11.0 Å². The van der Waals surface area contributed by atoms with Crippen molar-refractivity contribution >= 4 is 23.3 Å². The molecule has 0 saturated heterocycles. The number of esters is 1. The van der Waals surface area contributed by atoms with Crippen molar-refractivity contribution in [1.82, 2.24) is 4.48 Å². The summed E-state index contributed by atoms with van der Waals surface area (Å²) in [6.45, 7) is 0.234. The number of aliphatic hydroxyl groups excluding tert-OH is 2. The monoisotopic (exact) mass is 344 g/mol. The maximum absolute atomic E-state index is 13.1. The van der Waals surface area contributed by atoms with Crippen molar-refractivity contribution in [2.45, 2.75) is 13.0 Å². The quantitative estimate of drug-likeness (QED) is 0.591. The first-order valence-electron chi connectivity index (χ1n) is 7.95. The summed E-state index contributed by atoms with van der Waals surface area (Å²) >= 11 is 0. The minimum absolute atomic E-state index is 0.0787. The fourth-order valence-corrected chi connectivity index (χ4v) is 2.76. The van der Waals surface area contributed by atoms with Crippen LogP contribution < -0.4 is 4.48 Å². The highest BCUT2D eigenvalue weighted by molar-refractivity contribution is 5.96. The molecule has 0 radical (unpaired) electrons. The zero-order valence-corrected chi connectivity index (χ0v) is 14.0. The Labute approximate surface area is 146 Å². The highest BCUT2D eigenvalue weighted by Gasteiger charge is 2.43. The topological polar surface area (TPSA) is 83.8 Å². The van der Waals surface area contributed by atoms with Crippen LogP contribution in [-0.2, 0) is 14.3 Å². The predicted molar refractivity (Wildman–Crippen MR) is 93.9 cm³/mol. The Balaban J connectivity index is 2.60. The van der Waals surface area contributed by atoms with Gasteiger partial charge in [-0.05, 0) is 0 Å². The number of hydrogen-bond acceptors (Lipinski definition) is 5. The summed E-state index contributed by atoms with van der Waals surface area (Å²) in [5.74, 6) is -0.976. The molecule has 2 aromatic rings. The van der Waals surface area contributed by atoms with Gasteiger partial charge < -0.3 is 14.9 Å². The average Bonchev–Trinajstić information content (AvgIpc) is 2.65. The molecule has 2 rings (SSSR count). The lowest BCUT2D eigenvalue weighted by Crippen LogP contribution is -2.56. The molecule has 1 amide bonds. The lowest BCUT2D eigenvalue weighted by molar-refractivity contribution is -0.149. The third-order valence-corrected chi connectivity index (χ3v) is 3.91. The molecule has 0 aliphatic heterocycles. The summed E-state index contributed by atoms with van der Waals surface area (Å²) in [6, 6.07) is 17.9. The second kappa shape index (κ2) is 8.53. The van der Waals surface area contributed by atoms with Crippen molar-refractivity contribution in [3.05, 3.63) is 60.7 Å². The summed E-state index contributed by atoms with van der Waals surface area (Å²) in [6.07, 6.45) is -1.12. The van der Waals surface area contributed by atoms with Gasteiger partial charge in [0.2, 0.25) is 6.61 Å². The van der Waals surface area contributed by atoms with E-state index in [1.807, 2.05) is 12.1 Å². The van der Waals surface area contributed by atoms with Crippen LogP contribution in [0.2, 0.25) is 0 Å². The number of carbonyl (C=O) groups is 2. The van der Waals surface area contributed by atoms with E-state index < -0.39 is 31.2 Å². The summed E-state index contributed by atoms with van der Waals surface area (Å²) < 4.78 is 4.56. The molecule has 0 spiro atoms. The molecule has 1 atom stereocenters. The highest BCUT2D eigenvalue weighted by Crippen LogP contribution is 2.35. The Morgan fingerprint density at radius 1 is 1.00 bits per heavy atom. The molecular weight excluding hydrogens is 322 g/mol. The van der Waals surface area contributed by atoms with E-state index in [1.165, 1.54) is 6.92 Å². The molecule has 25 heavy (non-hydrogen) atoms. The molecule has 0 bridgehead atoms. The number of carbonyl (C=O) groups excluding carboxylic acids is 2. The Kier molecular flexibility index (Phi) is 6.41. The second-order valence-corrected chi connectivity index (χ2v) is 5.67. The van der Waals surface area contributed by atoms with Gasteiger partial charge in [-0.3, -0.25) is 4.79 Å². The Morgan fingerprint density at radius 2 is 1.48 bits per heavy atom. The molecule has 0 saturated carbocycles. The summed E-state index contributed by atoms with van der Waals surface area (Å²) in [4.78, 5) is 24.3. The van der Waals surface area contributed by atoms with Gasteiger partial charge in [-0.2, -0.15) is 4.48 Å². The van der Waals surface area contributed by atoms with Crippen molar-refractivity contribution in [2.24, 2.45) is 0 Å². The van der Waals surface area contributed by atoms with Gasteiger partial charge in [-0.1, -0.05) is 36.4 Å². The molecule has 2 N–H and O–H groups in total. The van der Waals surface area contributed by atoms with Gasteiger partial charge in [0.25, 0.3) is 0 Å². The van der Waals surface area contributed by atoms with E-state index in [2.05, 4.69) is 0 Å². The van der Waals surface area contributed by atoms with Crippen LogP contribution in [-0.4, -0.2) is 48.0 Å². The van der Waals surface area contributed by atoms with Gasteiger partial charge in [-0.15, -0.1) is 0 Å².